The lowest BCUT2D eigenvalue weighted by atomic mass is 10.0. The Bertz CT molecular complexity index is 522. The van der Waals surface area contributed by atoms with Crippen LogP contribution < -0.4 is 5.73 Å². The van der Waals surface area contributed by atoms with Crippen molar-refractivity contribution in [1.29, 1.82) is 0 Å². The third kappa shape index (κ3) is 2.93. The van der Waals surface area contributed by atoms with Gasteiger partial charge in [0.05, 0.1) is 5.56 Å². The van der Waals surface area contributed by atoms with Crippen molar-refractivity contribution < 1.29 is 4.52 Å². The molecule has 96 valence electrons. The molecular weight excluding hydrogens is 292 g/mol. The van der Waals surface area contributed by atoms with Gasteiger partial charge >= 0.3 is 0 Å². The lowest BCUT2D eigenvalue weighted by Crippen LogP contribution is -1.91. The highest BCUT2D eigenvalue weighted by Gasteiger charge is 2.15. The number of unbranched alkanes of at least 4 members (excludes halogenated alkanes) is 2. The molecule has 2 rings (SSSR count). The minimum Gasteiger partial charge on any atom is -0.380 e. The molecular formula is C14H17BrN2O. The number of aromatic nitrogens is 1. The second-order valence-electron chi connectivity index (χ2n) is 4.33. The smallest absolute Gasteiger partial charge is 0.175 e. The number of nitrogen functional groups attached to an aromatic ring is 1. The van der Waals surface area contributed by atoms with Gasteiger partial charge in [-0.15, -0.1) is 0 Å². The molecule has 2 N–H and O–H groups in total. The molecule has 0 unspecified atom stereocenters. The van der Waals surface area contributed by atoms with Crippen molar-refractivity contribution in [1.82, 2.24) is 5.16 Å². The topological polar surface area (TPSA) is 52.0 Å². The first-order valence-electron chi connectivity index (χ1n) is 6.22. The van der Waals surface area contributed by atoms with Crippen LogP contribution in [0.4, 0.5) is 5.82 Å². The molecule has 3 nitrogen and oxygen atoms in total. The van der Waals surface area contributed by atoms with Crippen molar-refractivity contribution in [3.8, 4) is 11.1 Å². The Hall–Kier alpha value is -1.29. The average molecular weight is 309 g/mol. The van der Waals surface area contributed by atoms with Gasteiger partial charge in [0.1, 0.15) is 5.76 Å². The van der Waals surface area contributed by atoms with E-state index in [0.717, 1.165) is 34.2 Å². The first-order chi connectivity index (χ1) is 8.72. The van der Waals surface area contributed by atoms with E-state index in [1.165, 1.54) is 12.8 Å². The van der Waals surface area contributed by atoms with Crippen molar-refractivity contribution in [3.05, 3.63) is 34.5 Å². The van der Waals surface area contributed by atoms with Crippen molar-refractivity contribution in [2.45, 2.75) is 32.6 Å². The van der Waals surface area contributed by atoms with E-state index in [4.69, 9.17) is 10.3 Å². The summed E-state index contributed by atoms with van der Waals surface area (Å²) in [5.41, 5.74) is 7.90. The quantitative estimate of drug-likeness (QED) is 0.832. The van der Waals surface area contributed by atoms with Crippen molar-refractivity contribution in [3.63, 3.8) is 0 Å². The summed E-state index contributed by atoms with van der Waals surface area (Å²) >= 11 is 3.47. The highest BCUT2D eigenvalue weighted by atomic mass is 79.9. The summed E-state index contributed by atoms with van der Waals surface area (Å²) in [5, 5.41) is 3.89. The van der Waals surface area contributed by atoms with Crippen LogP contribution in [-0.4, -0.2) is 5.16 Å². The summed E-state index contributed by atoms with van der Waals surface area (Å²) in [6.45, 7) is 2.18. The van der Waals surface area contributed by atoms with Gasteiger partial charge in [0.25, 0.3) is 0 Å². The fourth-order valence-electron chi connectivity index (χ4n) is 2.00. The standard InChI is InChI=1S/C14H17BrN2O/c1-2-3-4-8-12-13(14(16)17-18-12)10-6-5-7-11(15)9-10/h5-7,9H,2-4,8H2,1H3,(H2,16,17). The van der Waals surface area contributed by atoms with Gasteiger partial charge in [-0.1, -0.05) is 53.0 Å². The molecule has 1 aromatic carbocycles. The number of benzene rings is 1. The van der Waals surface area contributed by atoms with Gasteiger partial charge in [-0.05, 0) is 24.1 Å². The van der Waals surface area contributed by atoms with Crippen molar-refractivity contribution in [2.75, 3.05) is 5.73 Å². The summed E-state index contributed by atoms with van der Waals surface area (Å²) in [7, 11) is 0. The molecule has 18 heavy (non-hydrogen) atoms. The summed E-state index contributed by atoms with van der Waals surface area (Å²) in [6.07, 6.45) is 4.38. The summed E-state index contributed by atoms with van der Waals surface area (Å²) in [5.74, 6) is 1.36. The first kappa shape index (κ1) is 13.1. The normalized spacial score (nSPS) is 10.8. The van der Waals surface area contributed by atoms with Gasteiger partial charge in [0, 0.05) is 10.9 Å². The highest BCUT2D eigenvalue weighted by molar-refractivity contribution is 9.10. The molecule has 4 heteroatoms. The SMILES string of the molecule is CCCCCc1onc(N)c1-c1cccc(Br)c1. The van der Waals surface area contributed by atoms with Gasteiger partial charge in [-0.25, -0.2) is 0 Å². The second-order valence-corrected chi connectivity index (χ2v) is 5.25. The molecule has 0 bridgehead atoms. The molecule has 0 saturated carbocycles. The van der Waals surface area contributed by atoms with Gasteiger partial charge in [-0.2, -0.15) is 0 Å². The third-order valence-corrected chi connectivity index (χ3v) is 3.40. The van der Waals surface area contributed by atoms with E-state index in [-0.39, 0.29) is 0 Å². The molecule has 0 aliphatic rings. The summed E-state index contributed by atoms with van der Waals surface area (Å²) < 4.78 is 6.37. The number of anilines is 1. The summed E-state index contributed by atoms with van der Waals surface area (Å²) in [4.78, 5) is 0. The zero-order chi connectivity index (χ0) is 13.0. The Morgan fingerprint density at radius 2 is 2.17 bits per heavy atom. The lowest BCUT2D eigenvalue weighted by molar-refractivity contribution is 0.382. The molecule has 0 spiro atoms. The Morgan fingerprint density at radius 1 is 1.33 bits per heavy atom. The largest absolute Gasteiger partial charge is 0.380 e. The predicted molar refractivity (Wildman–Crippen MR) is 77.3 cm³/mol. The fraction of sp³-hybridized carbons (Fsp3) is 0.357. The maximum absolute atomic E-state index is 5.91. The minimum absolute atomic E-state index is 0.472. The number of rotatable bonds is 5. The molecule has 0 atom stereocenters. The van der Waals surface area contributed by atoms with Crippen LogP contribution in [0.25, 0.3) is 11.1 Å². The van der Waals surface area contributed by atoms with E-state index in [1.54, 1.807) is 0 Å². The zero-order valence-electron chi connectivity index (χ0n) is 10.4. The number of hydrogen-bond donors (Lipinski definition) is 1. The van der Waals surface area contributed by atoms with E-state index in [9.17, 15) is 0 Å². The molecule has 2 aromatic rings. The van der Waals surface area contributed by atoms with E-state index in [0.29, 0.717) is 5.82 Å². The van der Waals surface area contributed by atoms with E-state index >= 15 is 0 Å². The molecule has 0 saturated heterocycles. The monoisotopic (exact) mass is 308 g/mol. The first-order valence-corrected chi connectivity index (χ1v) is 7.01. The molecule has 0 radical (unpaired) electrons. The Morgan fingerprint density at radius 3 is 2.89 bits per heavy atom. The minimum atomic E-state index is 0.472. The molecule has 0 aliphatic heterocycles. The highest BCUT2D eigenvalue weighted by Crippen LogP contribution is 2.32. The third-order valence-electron chi connectivity index (χ3n) is 2.91. The molecule has 0 fully saturated rings. The number of hydrogen-bond acceptors (Lipinski definition) is 3. The Labute approximate surface area is 115 Å². The van der Waals surface area contributed by atoms with Crippen LogP contribution >= 0.6 is 15.9 Å². The molecule has 0 amide bonds. The van der Waals surface area contributed by atoms with Crippen molar-refractivity contribution in [2.24, 2.45) is 0 Å². The number of nitrogens with two attached hydrogens (primary N) is 1. The maximum Gasteiger partial charge on any atom is 0.175 e. The maximum atomic E-state index is 5.91. The summed E-state index contributed by atoms with van der Waals surface area (Å²) in [6, 6.07) is 8.04. The second kappa shape index (κ2) is 6.05. The molecule has 1 aromatic heterocycles. The van der Waals surface area contributed by atoms with Gasteiger partial charge in [0.15, 0.2) is 5.82 Å². The van der Waals surface area contributed by atoms with Crippen LogP contribution in [0.15, 0.2) is 33.3 Å². The van der Waals surface area contributed by atoms with Crippen LogP contribution in [0.2, 0.25) is 0 Å². The zero-order valence-corrected chi connectivity index (χ0v) is 12.0. The Balaban J connectivity index is 2.29. The van der Waals surface area contributed by atoms with Gasteiger partial charge in [0.2, 0.25) is 0 Å². The van der Waals surface area contributed by atoms with Crippen LogP contribution in [0.1, 0.15) is 31.9 Å². The lowest BCUT2D eigenvalue weighted by Gasteiger charge is -2.03. The number of aryl methyl sites for hydroxylation is 1. The van der Waals surface area contributed by atoms with E-state index < -0.39 is 0 Å². The fourth-order valence-corrected chi connectivity index (χ4v) is 2.40. The average Bonchev–Trinajstić information content (AvgIpc) is 2.71. The predicted octanol–water partition coefficient (Wildman–Crippen LogP) is 4.42. The molecule has 1 heterocycles. The van der Waals surface area contributed by atoms with Gasteiger partial charge in [-0.3, -0.25) is 0 Å². The van der Waals surface area contributed by atoms with Crippen LogP contribution in [-0.2, 0) is 6.42 Å². The van der Waals surface area contributed by atoms with E-state index in [1.807, 2.05) is 24.3 Å². The van der Waals surface area contributed by atoms with Crippen molar-refractivity contribution >= 4 is 21.7 Å². The molecule has 0 aliphatic carbocycles. The number of nitrogens with zero attached hydrogens (tertiary/aromatic N) is 1. The van der Waals surface area contributed by atoms with Crippen LogP contribution in [0.3, 0.4) is 0 Å². The van der Waals surface area contributed by atoms with Gasteiger partial charge < -0.3 is 10.3 Å². The number of halogens is 1. The van der Waals surface area contributed by atoms with Crippen LogP contribution in [0.5, 0.6) is 0 Å². The van der Waals surface area contributed by atoms with Crippen LogP contribution in [0, 0.1) is 0 Å². The van der Waals surface area contributed by atoms with E-state index in [2.05, 4.69) is 28.0 Å². The Kier molecular flexibility index (Phi) is 4.42.